The molecular weight excluding hydrogens is 304 g/mol. The summed E-state index contributed by atoms with van der Waals surface area (Å²) < 4.78 is 0. The molecule has 1 aliphatic heterocycles. The Kier molecular flexibility index (Phi) is 3.20. The Balaban J connectivity index is 2.40. The van der Waals surface area contributed by atoms with Crippen molar-refractivity contribution in [2.24, 2.45) is 22.7 Å². The Morgan fingerprint density at radius 3 is 2.17 bits per heavy atom. The van der Waals surface area contributed by atoms with E-state index in [2.05, 4.69) is 5.32 Å². The highest BCUT2D eigenvalue weighted by Gasteiger charge is 2.79. The van der Waals surface area contributed by atoms with E-state index in [4.69, 9.17) is 0 Å². The fourth-order valence-corrected chi connectivity index (χ4v) is 4.59. The Morgan fingerprint density at radius 2 is 1.67 bits per heavy atom. The summed E-state index contributed by atoms with van der Waals surface area (Å²) in [6.07, 6.45) is 0. The van der Waals surface area contributed by atoms with E-state index in [1.54, 1.807) is 44.2 Å². The van der Waals surface area contributed by atoms with Crippen molar-refractivity contribution in [3.63, 3.8) is 0 Å². The molecule has 0 aromatic heterocycles. The van der Waals surface area contributed by atoms with Crippen LogP contribution < -0.4 is 5.32 Å². The van der Waals surface area contributed by atoms with Crippen LogP contribution in [0.1, 0.15) is 25.3 Å². The molecule has 1 aromatic rings. The molecule has 2 N–H and O–H groups in total. The van der Waals surface area contributed by atoms with Crippen LogP contribution in [0.2, 0.25) is 0 Å². The number of carbonyl (C=O) groups is 1. The third kappa shape index (κ3) is 1.44. The second kappa shape index (κ2) is 4.81. The summed E-state index contributed by atoms with van der Waals surface area (Å²) in [5.74, 6) is -3.05. The minimum atomic E-state index is -1.93. The predicted octanol–water partition coefficient (Wildman–Crippen LogP) is 1.42. The summed E-state index contributed by atoms with van der Waals surface area (Å²) >= 11 is 0. The standard InChI is InChI=1S/C18H16N4O2/c1-11-14(13-6-4-3-5-7-13)16(8-19,9-20)17(10-21)12(2)18(11,24)22-15(17)23/h3-7,11-12,14,24H,1-2H3,(H,22,23)/t11-,12+,14+,17-,18-/m0/s1. The molecule has 1 aliphatic carbocycles. The molecule has 24 heavy (non-hydrogen) atoms. The van der Waals surface area contributed by atoms with Gasteiger partial charge in [-0.3, -0.25) is 4.79 Å². The molecule has 6 heteroatoms. The van der Waals surface area contributed by atoms with Gasteiger partial charge in [0.15, 0.2) is 10.8 Å². The first kappa shape index (κ1) is 16.0. The van der Waals surface area contributed by atoms with Crippen molar-refractivity contribution in [1.82, 2.24) is 5.32 Å². The van der Waals surface area contributed by atoms with Gasteiger partial charge < -0.3 is 10.4 Å². The molecule has 2 aliphatic rings. The smallest absolute Gasteiger partial charge is 0.245 e. The molecule has 1 heterocycles. The number of aliphatic hydroxyl groups is 1. The number of rotatable bonds is 1. The highest BCUT2D eigenvalue weighted by Crippen LogP contribution is 2.66. The fraction of sp³-hybridized carbons (Fsp3) is 0.444. The molecule has 3 rings (SSSR count). The molecular formula is C18H16N4O2. The zero-order chi connectivity index (χ0) is 17.8. The Morgan fingerprint density at radius 1 is 1.08 bits per heavy atom. The first-order valence-corrected chi connectivity index (χ1v) is 7.69. The topological polar surface area (TPSA) is 121 Å². The maximum absolute atomic E-state index is 12.7. The van der Waals surface area contributed by atoms with Gasteiger partial charge in [0.25, 0.3) is 0 Å². The molecule has 5 atom stereocenters. The minimum Gasteiger partial charge on any atom is -0.370 e. The zero-order valence-electron chi connectivity index (χ0n) is 13.3. The Bertz CT molecular complexity index is 817. The summed E-state index contributed by atoms with van der Waals surface area (Å²) in [6, 6.07) is 14.7. The van der Waals surface area contributed by atoms with Crippen molar-refractivity contribution in [1.29, 1.82) is 15.8 Å². The number of hydrogen-bond acceptors (Lipinski definition) is 5. The molecule has 120 valence electrons. The van der Waals surface area contributed by atoms with Crippen LogP contribution in [0.4, 0.5) is 0 Å². The molecule has 1 amide bonds. The number of amides is 1. The third-order valence-electron chi connectivity index (χ3n) is 5.95. The molecule has 2 bridgehead atoms. The van der Waals surface area contributed by atoms with E-state index in [0.717, 1.165) is 0 Å². The minimum absolute atomic E-state index is 0.623. The van der Waals surface area contributed by atoms with E-state index in [9.17, 15) is 25.7 Å². The van der Waals surface area contributed by atoms with Gasteiger partial charge >= 0.3 is 0 Å². The molecule has 2 fully saturated rings. The van der Waals surface area contributed by atoms with Crippen LogP contribution >= 0.6 is 0 Å². The van der Waals surface area contributed by atoms with E-state index in [1.807, 2.05) is 18.2 Å². The van der Waals surface area contributed by atoms with Gasteiger partial charge in [-0.15, -0.1) is 0 Å². The summed E-state index contributed by atoms with van der Waals surface area (Å²) in [7, 11) is 0. The van der Waals surface area contributed by atoms with Crippen LogP contribution in [0, 0.1) is 56.7 Å². The SMILES string of the molecule is C[C@H]1[C@H](c2ccccc2)C(C#N)(C#N)[C@]2(C#N)C(=O)N[C@@]1(O)[C@@H]2C. The molecule has 1 aromatic carbocycles. The van der Waals surface area contributed by atoms with Crippen LogP contribution in [0.3, 0.4) is 0 Å². The number of hydrogen-bond donors (Lipinski definition) is 2. The lowest BCUT2D eigenvalue weighted by atomic mass is 9.45. The highest BCUT2D eigenvalue weighted by molar-refractivity contribution is 5.92. The second-order valence-electron chi connectivity index (χ2n) is 6.63. The van der Waals surface area contributed by atoms with Gasteiger partial charge in [-0.05, 0) is 5.56 Å². The molecule has 0 unspecified atom stereocenters. The van der Waals surface area contributed by atoms with Gasteiger partial charge in [0.05, 0.1) is 18.2 Å². The van der Waals surface area contributed by atoms with Crippen molar-refractivity contribution < 1.29 is 9.90 Å². The lowest BCUT2D eigenvalue weighted by Crippen LogP contribution is -2.62. The van der Waals surface area contributed by atoms with E-state index in [0.29, 0.717) is 5.56 Å². The van der Waals surface area contributed by atoms with Crippen LogP contribution in [-0.2, 0) is 4.79 Å². The summed E-state index contributed by atoms with van der Waals surface area (Å²) in [6.45, 7) is 3.24. The van der Waals surface area contributed by atoms with Gasteiger partial charge in [-0.2, -0.15) is 15.8 Å². The van der Waals surface area contributed by atoms with Gasteiger partial charge in [-0.25, -0.2) is 0 Å². The third-order valence-corrected chi connectivity index (χ3v) is 5.95. The lowest BCUT2D eigenvalue weighted by molar-refractivity contribution is -0.135. The van der Waals surface area contributed by atoms with Crippen LogP contribution in [0.5, 0.6) is 0 Å². The summed E-state index contributed by atoms with van der Waals surface area (Å²) in [5.41, 5.74) is -4.83. The highest BCUT2D eigenvalue weighted by atomic mass is 16.3. The van der Waals surface area contributed by atoms with Gasteiger partial charge in [-0.1, -0.05) is 44.2 Å². The van der Waals surface area contributed by atoms with Gasteiger partial charge in [0, 0.05) is 17.8 Å². The molecule has 1 saturated heterocycles. The normalized spacial score (nSPS) is 39.2. The number of nitriles is 3. The lowest BCUT2D eigenvalue weighted by Gasteiger charge is -2.51. The number of nitrogens with zero attached hydrogens (tertiary/aromatic N) is 3. The Hall–Kier alpha value is -2.88. The molecule has 0 spiro atoms. The van der Waals surface area contributed by atoms with Gasteiger partial charge in [0.2, 0.25) is 5.91 Å². The Labute approximate surface area is 139 Å². The predicted molar refractivity (Wildman–Crippen MR) is 82.3 cm³/mol. The molecule has 6 nitrogen and oxygen atoms in total. The van der Waals surface area contributed by atoms with Crippen molar-refractivity contribution in [2.75, 3.05) is 0 Å². The first-order chi connectivity index (χ1) is 11.4. The van der Waals surface area contributed by atoms with Crippen molar-refractivity contribution in [3.8, 4) is 18.2 Å². The fourth-order valence-electron chi connectivity index (χ4n) is 4.59. The maximum atomic E-state index is 12.7. The maximum Gasteiger partial charge on any atom is 0.245 e. The largest absolute Gasteiger partial charge is 0.370 e. The number of nitrogens with one attached hydrogen (secondary N) is 1. The van der Waals surface area contributed by atoms with Crippen molar-refractivity contribution in [3.05, 3.63) is 35.9 Å². The number of benzene rings is 1. The number of fused-ring (bicyclic) bond motifs is 2. The summed E-state index contributed by atoms with van der Waals surface area (Å²) in [5, 5.41) is 43.3. The second-order valence-corrected chi connectivity index (χ2v) is 6.63. The number of carbonyl (C=O) groups excluding carboxylic acids is 1. The first-order valence-electron chi connectivity index (χ1n) is 7.69. The van der Waals surface area contributed by atoms with E-state index in [-0.39, 0.29) is 0 Å². The molecule has 0 radical (unpaired) electrons. The van der Waals surface area contributed by atoms with E-state index in [1.165, 1.54) is 0 Å². The quantitative estimate of drug-likeness (QED) is 0.810. The van der Waals surface area contributed by atoms with E-state index < -0.39 is 40.2 Å². The molecule has 1 saturated carbocycles. The van der Waals surface area contributed by atoms with Crippen molar-refractivity contribution >= 4 is 5.91 Å². The van der Waals surface area contributed by atoms with Gasteiger partial charge in [0.1, 0.15) is 5.72 Å². The van der Waals surface area contributed by atoms with Crippen LogP contribution in [0.15, 0.2) is 30.3 Å². The van der Waals surface area contributed by atoms with Crippen LogP contribution in [0.25, 0.3) is 0 Å². The average molecular weight is 320 g/mol. The average Bonchev–Trinajstić information content (AvgIpc) is 2.77. The summed E-state index contributed by atoms with van der Waals surface area (Å²) in [4.78, 5) is 12.7. The monoisotopic (exact) mass is 320 g/mol. The van der Waals surface area contributed by atoms with E-state index >= 15 is 0 Å². The zero-order valence-corrected chi connectivity index (χ0v) is 13.3. The van der Waals surface area contributed by atoms with Crippen LogP contribution in [-0.4, -0.2) is 16.7 Å². The van der Waals surface area contributed by atoms with Crippen molar-refractivity contribution in [2.45, 2.75) is 25.5 Å².